The fraction of sp³-hybridized carbons (Fsp3) is 0.417. The summed E-state index contributed by atoms with van der Waals surface area (Å²) in [5, 5.41) is 3.18. The molecule has 1 N–H and O–H groups in total. The second kappa shape index (κ2) is 9.63. The first-order valence-electron chi connectivity index (χ1n) is 11.1. The number of para-hydroxylation sites is 1. The average molecular weight is 476 g/mol. The predicted molar refractivity (Wildman–Crippen MR) is 122 cm³/mol. The third kappa shape index (κ3) is 5.02. The Morgan fingerprint density at radius 1 is 1.12 bits per heavy atom. The van der Waals surface area contributed by atoms with Crippen molar-refractivity contribution in [2.45, 2.75) is 31.8 Å². The number of anilines is 3. The average Bonchev–Trinajstić information content (AvgIpc) is 3.24. The van der Waals surface area contributed by atoms with Gasteiger partial charge in [-0.15, -0.1) is 0 Å². The molecule has 1 unspecified atom stereocenters. The molecule has 1 fully saturated rings. The van der Waals surface area contributed by atoms with Gasteiger partial charge in [-0.3, -0.25) is 9.69 Å². The number of nitrogens with zero attached hydrogens (tertiary/aromatic N) is 3. The third-order valence-corrected chi connectivity index (χ3v) is 6.15. The molecular formula is C24H27F3N4O3. The van der Waals surface area contributed by atoms with Crippen LogP contribution in [0.4, 0.5) is 30.2 Å². The van der Waals surface area contributed by atoms with Crippen LogP contribution >= 0.6 is 0 Å². The van der Waals surface area contributed by atoms with Gasteiger partial charge in [0, 0.05) is 56.3 Å². The predicted octanol–water partition coefficient (Wildman–Crippen LogP) is 3.07. The number of hydrogen-bond donors (Lipinski definition) is 1. The Balaban J connectivity index is 1.62. The van der Waals surface area contributed by atoms with E-state index >= 15 is 0 Å². The van der Waals surface area contributed by atoms with Crippen LogP contribution in [-0.4, -0.2) is 68.4 Å². The monoisotopic (exact) mass is 476 g/mol. The van der Waals surface area contributed by atoms with Gasteiger partial charge in [0.15, 0.2) is 0 Å². The van der Waals surface area contributed by atoms with E-state index in [4.69, 9.17) is 4.74 Å². The summed E-state index contributed by atoms with van der Waals surface area (Å²) in [6.45, 7) is 3.18. The summed E-state index contributed by atoms with van der Waals surface area (Å²) in [4.78, 5) is 30.1. The molecule has 4 rings (SSSR count). The number of amides is 1. The van der Waals surface area contributed by atoms with E-state index in [1.54, 1.807) is 0 Å². The Bertz CT molecular complexity index is 1050. The van der Waals surface area contributed by atoms with Crippen molar-refractivity contribution < 1.29 is 27.5 Å². The third-order valence-electron chi connectivity index (χ3n) is 6.15. The second-order valence-electron chi connectivity index (χ2n) is 8.55. The number of carbonyl (C=O) groups excluding carboxylic acids is 2. The molecule has 0 radical (unpaired) electrons. The molecule has 1 amide bonds. The lowest BCUT2D eigenvalue weighted by atomic mass is 10.1. The van der Waals surface area contributed by atoms with Gasteiger partial charge in [0.1, 0.15) is 0 Å². The lowest BCUT2D eigenvalue weighted by Crippen LogP contribution is -2.59. The molecule has 2 atom stereocenters. The number of piperazine rings is 1. The highest BCUT2D eigenvalue weighted by Crippen LogP contribution is 2.35. The normalized spacial score (nSPS) is 19.4. The number of rotatable bonds is 5. The molecular weight excluding hydrogens is 449 g/mol. The van der Waals surface area contributed by atoms with Crippen molar-refractivity contribution in [2.75, 3.05) is 43.0 Å². The van der Waals surface area contributed by atoms with E-state index in [2.05, 4.69) is 5.32 Å². The van der Waals surface area contributed by atoms with E-state index < -0.39 is 24.3 Å². The van der Waals surface area contributed by atoms with Gasteiger partial charge < -0.3 is 19.9 Å². The first-order valence-corrected chi connectivity index (χ1v) is 11.1. The second-order valence-corrected chi connectivity index (χ2v) is 8.55. The van der Waals surface area contributed by atoms with Gasteiger partial charge in [-0.25, -0.2) is 4.79 Å². The topological polar surface area (TPSA) is 65.1 Å². The molecule has 34 heavy (non-hydrogen) atoms. The number of halogens is 3. The summed E-state index contributed by atoms with van der Waals surface area (Å²) in [6.07, 6.45) is -6.28. The van der Waals surface area contributed by atoms with E-state index in [0.29, 0.717) is 25.2 Å². The van der Waals surface area contributed by atoms with Crippen LogP contribution in [0.5, 0.6) is 0 Å². The van der Waals surface area contributed by atoms with Gasteiger partial charge in [0.25, 0.3) is 5.91 Å². The molecule has 0 spiro atoms. The van der Waals surface area contributed by atoms with E-state index in [1.165, 1.54) is 9.80 Å². The van der Waals surface area contributed by atoms with Crippen molar-refractivity contribution in [1.82, 2.24) is 10.2 Å². The van der Waals surface area contributed by atoms with Gasteiger partial charge in [0.2, 0.25) is 6.23 Å². The molecule has 0 bridgehead atoms. The SMILES string of the molecule is C[C@@H]1CN(C(OC(=O)C(F)(F)F)C(=O)N2CCc3ccc(N(C)c4ccccc4)cc32)CCN1. The zero-order chi connectivity index (χ0) is 24.5. The molecule has 0 aromatic heterocycles. The summed E-state index contributed by atoms with van der Waals surface area (Å²) in [6, 6.07) is 15.3. The summed E-state index contributed by atoms with van der Waals surface area (Å²) in [7, 11) is 1.90. The first kappa shape index (κ1) is 24.0. The quantitative estimate of drug-likeness (QED) is 0.670. The van der Waals surface area contributed by atoms with E-state index in [1.807, 2.05) is 67.4 Å². The van der Waals surface area contributed by atoms with Crippen LogP contribution in [0.3, 0.4) is 0 Å². The number of alkyl halides is 3. The molecule has 10 heteroatoms. The Labute approximate surface area is 196 Å². The molecule has 2 aliphatic heterocycles. The Morgan fingerprint density at radius 2 is 1.85 bits per heavy atom. The fourth-order valence-electron chi connectivity index (χ4n) is 4.36. The standard InChI is InChI=1S/C24H27F3N4O3/c1-16-15-30(13-11-28-16)22(34-23(33)24(25,26)27)21(32)31-12-10-17-8-9-19(14-20(17)31)29(2)18-6-4-3-5-7-18/h3-9,14,16,22,28H,10-13,15H2,1-2H3/t16-,22?/m1/s1. The van der Waals surface area contributed by atoms with Crippen molar-refractivity contribution >= 4 is 28.9 Å². The van der Waals surface area contributed by atoms with Crippen LogP contribution < -0.4 is 15.1 Å². The van der Waals surface area contributed by atoms with Gasteiger partial charge in [-0.2, -0.15) is 13.2 Å². The van der Waals surface area contributed by atoms with E-state index in [-0.39, 0.29) is 19.1 Å². The molecule has 0 saturated carbocycles. The molecule has 0 aliphatic carbocycles. The fourth-order valence-corrected chi connectivity index (χ4v) is 4.36. The Kier molecular flexibility index (Phi) is 6.81. The Hall–Kier alpha value is -3.11. The highest BCUT2D eigenvalue weighted by atomic mass is 19.4. The largest absolute Gasteiger partial charge is 0.490 e. The lowest BCUT2D eigenvalue weighted by Gasteiger charge is -2.37. The maximum Gasteiger partial charge on any atom is 0.490 e. The van der Waals surface area contributed by atoms with Gasteiger partial charge in [-0.05, 0) is 43.2 Å². The summed E-state index contributed by atoms with van der Waals surface area (Å²) >= 11 is 0. The molecule has 2 aromatic carbocycles. The van der Waals surface area contributed by atoms with Crippen molar-refractivity contribution in [2.24, 2.45) is 0 Å². The molecule has 182 valence electrons. The Morgan fingerprint density at radius 3 is 2.53 bits per heavy atom. The summed E-state index contributed by atoms with van der Waals surface area (Å²) in [5.74, 6) is -3.04. The highest BCUT2D eigenvalue weighted by molar-refractivity contribution is 6.00. The number of ether oxygens (including phenoxy) is 1. The van der Waals surface area contributed by atoms with Crippen LogP contribution in [0.2, 0.25) is 0 Å². The number of carbonyl (C=O) groups is 2. The minimum Gasteiger partial charge on any atom is -0.430 e. The van der Waals surface area contributed by atoms with Gasteiger partial charge in [0.05, 0.1) is 0 Å². The number of esters is 1. The number of fused-ring (bicyclic) bond motifs is 1. The zero-order valence-electron chi connectivity index (χ0n) is 19.0. The summed E-state index contributed by atoms with van der Waals surface area (Å²) in [5.41, 5.74) is 3.30. The lowest BCUT2D eigenvalue weighted by molar-refractivity contribution is -0.213. The maximum absolute atomic E-state index is 13.5. The molecule has 2 heterocycles. The van der Waals surface area contributed by atoms with Gasteiger partial charge in [-0.1, -0.05) is 24.3 Å². The van der Waals surface area contributed by atoms with E-state index in [9.17, 15) is 22.8 Å². The summed E-state index contributed by atoms with van der Waals surface area (Å²) < 4.78 is 43.8. The van der Waals surface area contributed by atoms with Crippen molar-refractivity contribution in [1.29, 1.82) is 0 Å². The minimum absolute atomic E-state index is 0.0642. The molecule has 7 nitrogen and oxygen atoms in total. The van der Waals surface area contributed by atoms with Crippen molar-refractivity contribution in [3.63, 3.8) is 0 Å². The first-order chi connectivity index (χ1) is 16.1. The zero-order valence-corrected chi connectivity index (χ0v) is 19.0. The van der Waals surface area contributed by atoms with Crippen LogP contribution in [0.15, 0.2) is 48.5 Å². The van der Waals surface area contributed by atoms with Gasteiger partial charge >= 0.3 is 12.1 Å². The van der Waals surface area contributed by atoms with Crippen LogP contribution in [0, 0.1) is 0 Å². The molecule has 2 aliphatic rings. The molecule has 2 aromatic rings. The smallest absolute Gasteiger partial charge is 0.430 e. The highest BCUT2D eigenvalue weighted by Gasteiger charge is 2.46. The number of nitrogens with one attached hydrogen (secondary N) is 1. The van der Waals surface area contributed by atoms with E-state index in [0.717, 1.165) is 16.9 Å². The van der Waals surface area contributed by atoms with Crippen molar-refractivity contribution in [3.8, 4) is 0 Å². The maximum atomic E-state index is 13.5. The van der Waals surface area contributed by atoms with Crippen LogP contribution in [-0.2, 0) is 20.7 Å². The minimum atomic E-state index is -5.19. The van der Waals surface area contributed by atoms with Crippen LogP contribution in [0.1, 0.15) is 12.5 Å². The van der Waals surface area contributed by atoms with Crippen LogP contribution in [0.25, 0.3) is 0 Å². The molecule has 1 saturated heterocycles. The number of benzene rings is 2. The number of hydrogen-bond acceptors (Lipinski definition) is 6. The van der Waals surface area contributed by atoms with Crippen molar-refractivity contribution in [3.05, 3.63) is 54.1 Å².